The Kier molecular flexibility index (Phi) is 4.82. The largest absolute Gasteiger partial charge is 0.480 e. The van der Waals surface area contributed by atoms with Crippen LogP contribution in [0.2, 0.25) is 0 Å². The van der Waals surface area contributed by atoms with Crippen molar-refractivity contribution < 1.29 is 23.8 Å². The number of hydrogen-bond donors (Lipinski definition) is 3. The Morgan fingerprint density at radius 3 is 2.62 bits per heavy atom. The fourth-order valence-corrected chi connectivity index (χ4v) is 2.41. The number of halogens is 1. The van der Waals surface area contributed by atoms with Crippen LogP contribution in [0.5, 0.6) is 0 Å². The van der Waals surface area contributed by atoms with Crippen LogP contribution >= 0.6 is 0 Å². The maximum Gasteiger partial charge on any atom is 0.408 e. The molecule has 1 heterocycles. The molecular formula is C17H21FN2O4. The van der Waals surface area contributed by atoms with Gasteiger partial charge >= 0.3 is 12.1 Å². The second-order valence-electron chi connectivity index (χ2n) is 6.66. The highest BCUT2D eigenvalue weighted by molar-refractivity contribution is 5.85. The molecule has 0 aliphatic carbocycles. The minimum absolute atomic E-state index is 0.0384. The van der Waals surface area contributed by atoms with Crippen molar-refractivity contribution in [2.24, 2.45) is 0 Å². The summed E-state index contributed by atoms with van der Waals surface area (Å²) in [5.41, 5.74) is 1.37. The number of hydrogen-bond acceptors (Lipinski definition) is 3. The van der Waals surface area contributed by atoms with E-state index in [9.17, 15) is 19.1 Å². The number of rotatable bonds is 4. The van der Waals surface area contributed by atoms with Gasteiger partial charge in [0.15, 0.2) is 0 Å². The number of aliphatic carboxylic acids is 1. The molecule has 7 heteroatoms. The zero-order valence-corrected chi connectivity index (χ0v) is 14.1. The maximum absolute atomic E-state index is 13.4. The minimum atomic E-state index is -1.18. The van der Waals surface area contributed by atoms with Crippen LogP contribution in [0.15, 0.2) is 18.2 Å². The number of aromatic nitrogens is 1. The van der Waals surface area contributed by atoms with Gasteiger partial charge in [-0.1, -0.05) is 0 Å². The number of aromatic amines is 1. The van der Waals surface area contributed by atoms with E-state index in [0.29, 0.717) is 16.6 Å². The van der Waals surface area contributed by atoms with E-state index in [1.807, 2.05) is 0 Å². The molecule has 3 N–H and O–H groups in total. The fourth-order valence-electron chi connectivity index (χ4n) is 2.41. The first kappa shape index (κ1) is 17.8. The van der Waals surface area contributed by atoms with Gasteiger partial charge in [-0.05, 0) is 51.5 Å². The molecule has 2 aromatic rings. The van der Waals surface area contributed by atoms with Crippen LogP contribution in [-0.4, -0.2) is 33.8 Å². The second kappa shape index (κ2) is 6.51. The molecule has 0 saturated heterocycles. The van der Waals surface area contributed by atoms with Gasteiger partial charge in [-0.25, -0.2) is 14.0 Å². The van der Waals surface area contributed by atoms with E-state index in [-0.39, 0.29) is 12.2 Å². The van der Waals surface area contributed by atoms with Crippen molar-refractivity contribution in [3.05, 3.63) is 35.3 Å². The zero-order chi connectivity index (χ0) is 18.1. The molecule has 0 spiro atoms. The summed E-state index contributed by atoms with van der Waals surface area (Å²) in [6.07, 6.45) is -0.758. The smallest absolute Gasteiger partial charge is 0.408 e. The highest BCUT2D eigenvalue weighted by Crippen LogP contribution is 2.23. The van der Waals surface area contributed by atoms with E-state index in [2.05, 4.69) is 10.3 Å². The first-order valence-corrected chi connectivity index (χ1v) is 7.56. The van der Waals surface area contributed by atoms with Crippen molar-refractivity contribution in [1.29, 1.82) is 0 Å². The molecule has 0 fully saturated rings. The highest BCUT2D eigenvalue weighted by Gasteiger charge is 2.25. The van der Waals surface area contributed by atoms with Gasteiger partial charge in [-0.3, -0.25) is 0 Å². The third kappa shape index (κ3) is 4.24. The zero-order valence-electron chi connectivity index (χ0n) is 14.1. The number of carbonyl (C=O) groups is 2. The molecule has 0 bridgehead atoms. The topological polar surface area (TPSA) is 91.4 Å². The number of benzene rings is 1. The van der Waals surface area contributed by atoms with Crippen LogP contribution in [0.1, 0.15) is 32.0 Å². The number of nitrogens with one attached hydrogen (secondary N) is 2. The Morgan fingerprint density at radius 1 is 1.38 bits per heavy atom. The van der Waals surface area contributed by atoms with E-state index in [1.54, 1.807) is 33.8 Å². The second-order valence-corrected chi connectivity index (χ2v) is 6.66. The lowest BCUT2D eigenvalue weighted by Gasteiger charge is -2.22. The van der Waals surface area contributed by atoms with Gasteiger partial charge in [-0.2, -0.15) is 0 Å². The summed E-state index contributed by atoms with van der Waals surface area (Å²) in [5, 5.41) is 12.4. The van der Waals surface area contributed by atoms with Gasteiger partial charge < -0.3 is 20.1 Å². The number of carbonyl (C=O) groups excluding carboxylic acids is 1. The highest BCUT2D eigenvalue weighted by atomic mass is 19.1. The molecule has 0 aliphatic heterocycles. The van der Waals surface area contributed by atoms with E-state index >= 15 is 0 Å². The van der Waals surface area contributed by atoms with Crippen molar-refractivity contribution in [3.8, 4) is 0 Å². The van der Waals surface area contributed by atoms with Crippen LogP contribution in [0, 0.1) is 12.7 Å². The Hall–Kier alpha value is -2.57. The quantitative estimate of drug-likeness (QED) is 0.800. The van der Waals surface area contributed by atoms with Crippen molar-refractivity contribution in [2.75, 3.05) is 0 Å². The molecular weight excluding hydrogens is 315 g/mol. The minimum Gasteiger partial charge on any atom is -0.480 e. The van der Waals surface area contributed by atoms with Gasteiger partial charge in [0.05, 0.1) is 0 Å². The molecule has 1 amide bonds. The molecule has 0 saturated carbocycles. The summed E-state index contributed by atoms with van der Waals surface area (Å²) in [7, 11) is 0. The van der Waals surface area contributed by atoms with Crippen molar-refractivity contribution in [3.63, 3.8) is 0 Å². The number of amides is 1. The average Bonchev–Trinajstić information content (AvgIpc) is 2.73. The van der Waals surface area contributed by atoms with Gasteiger partial charge in [-0.15, -0.1) is 0 Å². The van der Waals surface area contributed by atoms with Gasteiger partial charge in [0.1, 0.15) is 17.5 Å². The van der Waals surface area contributed by atoms with Crippen molar-refractivity contribution in [2.45, 2.75) is 45.8 Å². The first-order valence-electron chi connectivity index (χ1n) is 7.56. The number of aryl methyl sites for hydroxylation is 1. The monoisotopic (exact) mass is 336 g/mol. The molecule has 0 aliphatic rings. The molecule has 0 radical (unpaired) electrons. The average molecular weight is 336 g/mol. The Morgan fingerprint density at radius 2 is 2.04 bits per heavy atom. The Balaban J connectivity index is 2.21. The third-order valence-corrected chi connectivity index (χ3v) is 3.52. The van der Waals surface area contributed by atoms with E-state index in [4.69, 9.17) is 4.74 Å². The van der Waals surface area contributed by atoms with Gasteiger partial charge in [0.2, 0.25) is 0 Å². The van der Waals surface area contributed by atoms with Gasteiger partial charge in [0.25, 0.3) is 0 Å². The standard InChI is InChI=1S/C17H21FN2O4/c1-9-11-7-10(18)5-6-12(11)19-13(9)8-14(15(21)22)20-16(23)24-17(2,3)4/h5-7,14,19H,8H2,1-4H3,(H,20,23)(H,21,22). The molecule has 1 unspecified atom stereocenters. The lowest BCUT2D eigenvalue weighted by Crippen LogP contribution is -2.44. The molecule has 1 atom stereocenters. The number of alkyl carbamates (subject to hydrolysis) is 1. The molecule has 6 nitrogen and oxygen atoms in total. The number of carboxylic acid groups (broad SMARTS) is 1. The summed E-state index contributed by atoms with van der Waals surface area (Å²) >= 11 is 0. The summed E-state index contributed by atoms with van der Waals surface area (Å²) in [4.78, 5) is 26.3. The predicted molar refractivity (Wildman–Crippen MR) is 87.5 cm³/mol. The Bertz CT molecular complexity index is 777. The van der Waals surface area contributed by atoms with E-state index in [0.717, 1.165) is 5.56 Å². The molecule has 24 heavy (non-hydrogen) atoms. The van der Waals surface area contributed by atoms with Crippen molar-refractivity contribution in [1.82, 2.24) is 10.3 Å². The van der Waals surface area contributed by atoms with Crippen LogP contribution in [0.25, 0.3) is 10.9 Å². The summed E-state index contributed by atoms with van der Waals surface area (Å²) < 4.78 is 18.5. The van der Waals surface area contributed by atoms with E-state index in [1.165, 1.54) is 12.1 Å². The summed E-state index contributed by atoms with van der Waals surface area (Å²) in [6, 6.07) is 3.16. The summed E-state index contributed by atoms with van der Waals surface area (Å²) in [6.45, 7) is 6.86. The SMILES string of the molecule is Cc1c(CC(NC(=O)OC(C)(C)C)C(=O)O)[nH]c2ccc(F)cc12. The van der Waals surface area contributed by atoms with Gasteiger partial charge in [0, 0.05) is 23.0 Å². The van der Waals surface area contributed by atoms with E-state index < -0.39 is 23.7 Å². The molecule has 2 rings (SSSR count). The summed E-state index contributed by atoms with van der Waals surface area (Å²) in [5.74, 6) is -1.54. The number of ether oxygens (including phenoxy) is 1. The maximum atomic E-state index is 13.4. The molecule has 1 aromatic heterocycles. The fraction of sp³-hybridized carbons (Fsp3) is 0.412. The molecule has 1 aromatic carbocycles. The lowest BCUT2D eigenvalue weighted by molar-refractivity contribution is -0.139. The van der Waals surface area contributed by atoms with Crippen LogP contribution < -0.4 is 5.32 Å². The normalized spacial score (nSPS) is 12.9. The number of fused-ring (bicyclic) bond motifs is 1. The first-order chi connectivity index (χ1) is 11.1. The third-order valence-electron chi connectivity index (χ3n) is 3.52. The number of carboxylic acids is 1. The number of H-pyrrole nitrogens is 1. The van der Waals surface area contributed by atoms with Crippen molar-refractivity contribution >= 4 is 23.0 Å². The predicted octanol–water partition coefficient (Wildman–Crippen LogP) is 3.14. The lowest BCUT2D eigenvalue weighted by atomic mass is 10.1. The van der Waals surface area contributed by atoms with Crippen LogP contribution in [-0.2, 0) is 16.0 Å². The Labute approximate surface area is 139 Å². The van der Waals surface area contributed by atoms with Crippen LogP contribution in [0.4, 0.5) is 9.18 Å². The molecule has 130 valence electrons. The van der Waals surface area contributed by atoms with Crippen LogP contribution in [0.3, 0.4) is 0 Å².